The Balaban J connectivity index is 2.02. The van der Waals surface area contributed by atoms with E-state index in [1.165, 1.54) is 19.3 Å². The number of hydrogen-bond donors (Lipinski definition) is 1. The summed E-state index contributed by atoms with van der Waals surface area (Å²) in [6.07, 6.45) is 4.24. The van der Waals surface area contributed by atoms with Crippen molar-refractivity contribution < 1.29 is 0 Å². The van der Waals surface area contributed by atoms with Gasteiger partial charge in [0.2, 0.25) is 0 Å². The van der Waals surface area contributed by atoms with Gasteiger partial charge in [0.1, 0.15) is 0 Å². The molecule has 76 valence electrons. The van der Waals surface area contributed by atoms with Gasteiger partial charge in [-0.05, 0) is 39.7 Å². The molecule has 2 nitrogen and oxygen atoms in total. The van der Waals surface area contributed by atoms with Crippen LogP contribution >= 0.6 is 0 Å². The Morgan fingerprint density at radius 1 is 1.38 bits per heavy atom. The fourth-order valence-electron chi connectivity index (χ4n) is 3.32. The van der Waals surface area contributed by atoms with E-state index in [0.717, 1.165) is 30.7 Å². The van der Waals surface area contributed by atoms with Crippen molar-refractivity contribution in [3.63, 3.8) is 0 Å². The number of hydrogen-bond acceptors (Lipinski definition) is 2. The van der Waals surface area contributed by atoms with Crippen molar-refractivity contribution in [1.29, 1.82) is 0 Å². The highest BCUT2D eigenvalue weighted by molar-refractivity contribution is 5.04. The average Bonchev–Trinajstić information content (AvgIpc) is 2.60. The summed E-state index contributed by atoms with van der Waals surface area (Å²) in [5.74, 6) is 0. The van der Waals surface area contributed by atoms with Crippen LogP contribution in [0.25, 0.3) is 0 Å². The zero-order valence-corrected chi connectivity index (χ0v) is 9.09. The SMILES string of the molecule is CCN[C@H]1C[C@@H]2CCC1N2C(C)C. The zero-order chi connectivity index (χ0) is 9.42. The molecule has 0 saturated carbocycles. The van der Waals surface area contributed by atoms with Gasteiger partial charge in [0.15, 0.2) is 0 Å². The molecule has 1 unspecified atom stereocenters. The van der Waals surface area contributed by atoms with Crippen molar-refractivity contribution in [3.05, 3.63) is 0 Å². The van der Waals surface area contributed by atoms with Gasteiger partial charge in [-0.3, -0.25) is 4.90 Å². The number of fused-ring (bicyclic) bond motifs is 2. The fraction of sp³-hybridized carbons (Fsp3) is 1.00. The van der Waals surface area contributed by atoms with Crippen LogP contribution in [0.4, 0.5) is 0 Å². The van der Waals surface area contributed by atoms with Gasteiger partial charge in [-0.25, -0.2) is 0 Å². The summed E-state index contributed by atoms with van der Waals surface area (Å²) < 4.78 is 0. The molecule has 2 rings (SSSR count). The van der Waals surface area contributed by atoms with E-state index < -0.39 is 0 Å². The summed E-state index contributed by atoms with van der Waals surface area (Å²) in [6.45, 7) is 8.00. The van der Waals surface area contributed by atoms with Crippen molar-refractivity contribution in [2.75, 3.05) is 6.54 Å². The van der Waals surface area contributed by atoms with Crippen LogP contribution in [0.5, 0.6) is 0 Å². The van der Waals surface area contributed by atoms with Crippen LogP contribution in [0.15, 0.2) is 0 Å². The molecule has 2 aliphatic heterocycles. The minimum absolute atomic E-state index is 0.737. The number of likely N-dealkylation sites (N-methyl/N-ethyl adjacent to an activating group) is 1. The monoisotopic (exact) mass is 182 g/mol. The second-order valence-corrected chi connectivity index (χ2v) is 4.74. The van der Waals surface area contributed by atoms with Crippen molar-refractivity contribution in [2.24, 2.45) is 0 Å². The Bertz CT molecular complexity index is 179. The summed E-state index contributed by atoms with van der Waals surface area (Å²) >= 11 is 0. The quantitative estimate of drug-likeness (QED) is 0.713. The molecule has 2 saturated heterocycles. The second kappa shape index (κ2) is 3.58. The third-order valence-electron chi connectivity index (χ3n) is 3.65. The Morgan fingerprint density at radius 3 is 2.69 bits per heavy atom. The first-order chi connectivity index (χ1) is 6.24. The molecule has 0 aromatic heterocycles. The first kappa shape index (κ1) is 9.47. The zero-order valence-electron chi connectivity index (χ0n) is 9.09. The first-order valence-corrected chi connectivity index (χ1v) is 5.74. The largest absolute Gasteiger partial charge is 0.313 e. The van der Waals surface area contributed by atoms with Gasteiger partial charge < -0.3 is 5.32 Å². The maximum absolute atomic E-state index is 3.62. The van der Waals surface area contributed by atoms with Crippen molar-refractivity contribution in [2.45, 2.75) is 64.2 Å². The molecular formula is C11H22N2. The molecule has 2 fully saturated rings. The average molecular weight is 182 g/mol. The molecule has 3 atom stereocenters. The molecule has 1 N–H and O–H groups in total. The highest BCUT2D eigenvalue weighted by Crippen LogP contribution is 2.38. The maximum atomic E-state index is 3.62. The molecule has 2 aliphatic rings. The molecule has 0 radical (unpaired) electrons. The normalized spacial score (nSPS) is 39.2. The Kier molecular flexibility index (Phi) is 2.61. The standard InChI is InChI=1S/C11H22N2/c1-4-12-10-7-9-5-6-11(10)13(9)8(2)3/h8-12H,4-7H2,1-3H3/t9-,10-,11?/m0/s1. The molecule has 2 heteroatoms. The summed E-state index contributed by atoms with van der Waals surface area (Å²) in [5.41, 5.74) is 0. The molecule has 0 aliphatic carbocycles. The molecule has 0 amide bonds. The van der Waals surface area contributed by atoms with Crippen LogP contribution in [-0.4, -0.2) is 35.6 Å². The van der Waals surface area contributed by atoms with Gasteiger partial charge in [0, 0.05) is 24.2 Å². The molecule has 0 aromatic carbocycles. The first-order valence-electron chi connectivity index (χ1n) is 5.74. The van der Waals surface area contributed by atoms with Crippen LogP contribution in [0.2, 0.25) is 0 Å². The summed E-state index contributed by atoms with van der Waals surface area (Å²) in [7, 11) is 0. The van der Waals surface area contributed by atoms with E-state index in [1.807, 2.05) is 0 Å². The lowest BCUT2D eigenvalue weighted by molar-refractivity contribution is 0.193. The van der Waals surface area contributed by atoms with Crippen LogP contribution in [0.1, 0.15) is 40.0 Å². The summed E-state index contributed by atoms with van der Waals surface area (Å²) in [4.78, 5) is 2.73. The third-order valence-corrected chi connectivity index (χ3v) is 3.65. The van der Waals surface area contributed by atoms with Gasteiger partial charge in [0.05, 0.1) is 0 Å². The van der Waals surface area contributed by atoms with Gasteiger partial charge in [-0.1, -0.05) is 6.92 Å². The number of nitrogens with one attached hydrogen (secondary N) is 1. The smallest absolute Gasteiger partial charge is 0.0256 e. The third kappa shape index (κ3) is 1.50. The molecule has 0 aromatic rings. The molecule has 0 spiro atoms. The van der Waals surface area contributed by atoms with E-state index in [9.17, 15) is 0 Å². The van der Waals surface area contributed by atoms with Gasteiger partial charge in [-0.15, -0.1) is 0 Å². The Labute approximate surface area is 81.7 Å². The number of rotatable bonds is 3. The molecule has 2 heterocycles. The minimum atomic E-state index is 0.737. The van der Waals surface area contributed by atoms with Crippen LogP contribution < -0.4 is 5.32 Å². The molecular weight excluding hydrogens is 160 g/mol. The highest BCUT2D eigenvalue weighted by atomic mass is 15.3. The van der Waals surface area contributed by atoms with Gasteiger partial charge in [0.25, 0.3) is 0 Å². The van der Waals surface area contributed by atoms with Crippen molar-refractivity contribution >= 4 is 0 Å². The van der Waals surface area contributed by atoms with E-state index in [2.05, 4.69) is 31.0 Å². The van der Waals surface area contributed by atoms with E-state index >= 15 is 0 Å². The Hall–Kier alpha value is -0.0800. The minimum Gasteiger partial charge on any atom is -0.313 e. The Morgan fingerprint density at radius 2 is 2.15 bits per heavy atom. The predicted molar refractivity (Wildman–Crippen MR) is 55.9 cm³/mol. The summed E-state index contributed by atoms with van der Waals surface area (Å²) in [6, 6.07) is 3.24. The lowest BCUT2D eigenvalue weighted by Gasteiger charge is -2.27. The van der Waals surface area contributed by atoms with E-state index in [-0.39, 0.29) is 0 Å². The second-order valence-electron chi connectivity index (χ2n) is 4.74. The van der Waals surface area contributed by atoms with E-state index in [1.54, 1.807) is 0 Å². The highest BCUT2D eigenvalue weighted by Gasteiger charge is 2.46. The van der Waals surface area contributed by atoms with Crippen LogP contribution in [0.3, 0.4) is 0 Å². The van der Waals surface area contributed by atoms with Crippen molar-refractivity contribution in [3.8, 4) is 0 Å². The van der Waals surface area contributed by atoms with E-state index in [0.29, 0.717) is 0 Å². The molecule has 13 heavy (non-hydrogen) atoms. The van der Waals surface area contributed by atoms with Gasteiger partial charge >= 0.3 is 0 Å². The van der Waals surface area contributed by atoms with E-state index in [4.69, 9.17) is 0 Å². The van der Waals surface area contributed by atoms with Crippen LogP contribution in [-0.2, 0) is 0 Å². The molecule has 2 bridgehead atoms. The summed E-state index contributed by atoms with van der Waals surface area (Å²) in [5, 5.41) is 3.62. The predicted octanol–water partition coefficient (Wildman–Crippen LogP) is 1.61. The van der Waals surface area contributed by atoms with Crippen LogP contribution in [0, 0.1) is 0 Å². The number of nitrogens with zero attached hydrogens (tertiary/aromatic N) is 1. The fourth-order valence-corrected chi connectivity index (χ4v) is 3.32. The van der Waals surface area contributed by atoms with Crippen molar-refractivity contribution in [1.82, 2.24) is 10.2 Å². The topological polar surface area (TPSA) is 15.3 Å². The lowest BCUT2D eigenvalue weighted by atomic mass is 9.96. The maximum Gasteiger partial charge on any atom is 0.0256 e. The van der Waals surface area contributed by atoms with Gasteiger partial charge in [-0.2, -0.15) is 0 Å². The lowest BCUT2D eigenvalue weighted by Crippen LogP contribution is -2.43.